The van der Waals surface area contributed by atoms with Crippen LogP contribution < -0.4 is 4.52 Å². The van der Waals surface area contributed by atoms with E-state index < -0.39 is 7.75 Å². The van der Waals surface area contributed by atoms with Crippen molar-refractivity contribution in [1.29, 1.82) is 0 Å². The summed E-state index contributed by atoms with van der Waals surface area (Å²) in [6, 6.07) is 7.12. The number of benzene rings is 1. The molecule has 17 heavy (non-hydrogen) atoms. The molecule has 1 aromatic rings. The number of para-hydroxylation sites is 1. The Morgan fingerprint density at radius 1 is 1.41 bits per heavy atom. The summed E-state index contributed by atoms with van der Waals surface area (Å²) in [5.41, 5.74) is 9.23. The molecule has 7 heteroatoms. The molecule has 0 spiro atoms. The van der Waals surface area contributed by atoms with Crippen molar-refractivity contribution < 1.29 is 13.6 Å². The van der Waals surface area contributed by atoms with Crippen molar-refractivity contribution >= 4 is 7.75 Å². The van der Waals surface area contributed by atoms with Crippen molar-refractivity contribution in [3.8, 4) is 5.75 Å². The van der Waals surface area contributed by atoms with Gasteiger partial charge in [0.25, 0.3) is 0 Å². The number of rotatable bonds is 6. The summed E-state index contributed by atoms with van der Waals surface area (Å²) in [7, 11) is -3.77. The summed E-state index contributed by atoms with van der Waals surface area (Å²) in [6.45, 7) is 3.74. The zero-order chi connectivity index (χ0) is 12.7. The molecular formula is C10H14N3O3P. The molecule has 0 amide bonds. The molecule has 1 unspecified atom stereocenters. The highest BCUT2D eigenvalue weighted by Gasteiger charge is 2.24. The third-order valence-corrected chi connectivity index (χ3v) is 3.32. The number of azide groups is 1. The Bertz CT molecular complexity index is 472. The highest BCUT2D eigenvalue weighted by Crippen LogP contribution is 2.50. The van der Waals surface area contributed by atoms with E-state index in [0.717, 1.165) is 12.0 Å². The minimum atomic E-state index is -3.77. The fourth-order valence-electron chi connectivity index (χ4n) is 1.29. The van der Waals surface area contributed by atoms with E-state index in [1.807, 2.05) is 19.1 Å². The molecular weight excluding hydrogens is 241 g/mol. The van der Waals surface area contributed by atoms with Crippen LogP contribution in [0.15, 0.2) is 29.2 Å². The maximum atomic E-state index is 12.0. The molecule has 6 nitrogen and oxygen atoms in total. The number of nitrogens with zero attached hydrogens (tertiary/aromatic N) is 3. The lowest BCUT2D eigenvalue weighted by Gasteiger charge is -2.15. The predicted octanol–water partition coefficient (Wildman–Crippen LogP) is 4.08. The molecule has 0 aliphatic heterocycles. The van der Waals surface area contributed by atoms with Crippen LogP contribution in [0.4, 0.5) is 0 Å². The van der Waals surface area contributed by atoms with Crippen molar-refractivity contribution in [1.82, 2.24) is 0 Å². The van der Waals surface area contributed by atoms with Gasteiger partial charge in [0.1, 0.15) is 5.75 Å². The van der Waals surface area contributed by atoms with Gasteiger partial charge in [0, 0.05) is 9.80 Å². The van der Waals surface area contributed by atoms with E-state index in [1.54, 1.807) is 19.1 Å². The minimum Gasteiger partial charge on any atom is -0.420 e. The van der Waals surface area contributed by atoms with Crippen molar-refractivity contribution in [2.24, 2.45) is 4.88 Å². The van der Waals surface area contributed by atoms with Gasteiger partial charge in [-0.1, -0.05) is 25.1 Å². The van der Waals surface area contributed by atoms with Gasteiger partial charge >= 0.3 is 7.75 Å². The van der Waals surface area contributed by atoms with E-state index >= 15 is 0 Å². The van der Waals surface area contributed by atoms with E-state index in [-0.39, 0.29) is 6.61 Å². The van der Waals surface area contributed by atoms with Crippen molar-refractivity contribution in [2.75, 3.05) is 6.61 Å². The van der Waals surface area contributed by atoms with Crippen LogP contribution in [0.25, 0.3) is 10.4 Å². The average molecular weight is 255 g/mol. The first-order valence-corrected chi connectivity index (χ1v) is 6.73. The molecule has 0 aromatic heterocycles. The Hall–Kier alpha value is -1.48. The zero-order valence-electron chi connectivity index (χ0n) is 9.74. The van der Waals surface area contributed by atoms with Gasteiger partial charge in [-0.15, -0.1) is 0 Å². The van der Waals surface area contributed by atoms with E-state index in [0.29, 0.717) is 5.75 Å². The molecule has 0 radical (unpaired) electrons. The predicted molar refractivity (Wildman–Crippen MR) is 64.8 cm³/mol. The molecule has 0 heterocycles. The second-order valence-corrected chi connectivity index (χ2v) is 4.67. The number of aryl methyl sites for hydroxylation is 1. The molecule has 1 atom stereocenters. The second kappa shape index (κ2) is 6.30. The molecule has 0 fully saturated rings. The maximum Gasteiger partial charge on any atom is 0.470 e. The van der Waals surface area contributed by atoms with Crippen LogP contribution >= 0.6 is 7.75 Å². The Labute approximate surface area is 99.8 Å². The molecule has 0 bridgehead atoms. The smallest absolute Gasteiger partial charge is 0.420 e. The first-order chi connectivity index (χ1) is 8.15. The van der Waals surface area contributed by atoms with Crippen molar-refractivity contribution in [3.63, 3.8) is 0 Å². The monoisotopic (exact) mass is 255 g/mol. The van der Waals surface area contributed by atoms with Gasteiger partial charge < -0.3 is 4.52 Å². The largest absolute Gasteiger partial charge is 0.470 e. The lowest BCUT2D eigenvalue weighted by Crippen LogP contribution is -1.97. The van der Waals surface area contributed by atoms with Crippen LogP contribution in [0.2, 0.25) is 0 Å². The van der Waals surface area contributed by atoms with Gasteiger partial charge in [-0.3, -0.25) is 4.52 Å². The molecule has 0 saturated heterocycles. The number of hydrogen-bond donors (Lipinski definition) is 0. The van der Waals surface area contributed by atoms with Crippen LogP contribution in [0, 0.1) is 0 Å². The van der Waals surface area contributed by atoms with Crippen LogP contribution in [0.5, 0.6) is 5.75 Å². The first-order valence-electron chi connectivity index (χ1n) is 5.24. The van der Waals surface area contributed by atoms with E-state index in [9.17, 15) is 4.57 Å². The summed E-state index contributed by atoms with van der Waals surface area (Å²) >= 11 is 0. The topological polar surface area (TPSA) is 84.3 Å². The summed E-state index contributed by atoms with van der Waals surface area (Å²) < 4.78 is 22.1. The van der Waals surface area contributed by atoms with Gasteiger partial charge in [0.05, 0.1) is 6.61 Å². The molecule has 0 aliphatic carbocycles. The average Bonchev–Trinajstić information content (AvgIpc) is 2.30. The molecule has 0 aliphatic rings. The normalized spacial score (nSPS) is 13.5. The lowest BCUT2D eigenvalue weighted by molar-refractivity contribution is 0.279. The zero-order valence-corrected chi connectivity index (χ0v) is 10.6. The Morgan fingerprint density at radius 3 is 2.71 bits per heavy atom. The second-order valence-electron chi connectivity index (χ2n) is 3.12. The maximum absolute atomic E-state index is 12.0. The van der Waals surface area contributed by atoms with Crippen molar-refractivity contribution in [2.45, 2.75) is 20.3 Å². The lowest BCUT2D eigenvalue weighted by atomic mass is 10.1. The van der Waals surface area contributed by atoms with Gasteiger partial charge in [-0.05, 0) is 30.5 Å². The highest BCUT2D eigenvalue weighted by atomic mass is 31.2. The SMILES string of the molecule is CCOP(=O)(N=[N+]=[N-])Oc1ccccc1CC. The van der Waals surface area contributed by atoms with Gasteiger partial charge in [-0.2, -0.15) is 0 Å². The summed E-state index contributed by atoms with van der Waals surface area (Å²) in [5.74, 6) is 0.416. The van der Waals surface area contributed by atoms with Crippen LogP contribution in [0.1, 0.15) is 19.4 Å². The molecule has 1 rings (SSSR count). The highest BCUT2D eigenvalue weighted by molar-refractivity contribution is 7.52. The van der Waals surface area contributed by atoms with E-state index in [1.165, 1.54) is 0 Å². The van der Waals surface area contributed by atoms with Gasteiger partial charge in [0.15, 0.2) is 0 Å². The molecule has 92 valence electrons. The Balaban J connectivity index is 3.01. The standard InChI is InChI=1S/C10H14N3O3P/c1-3-9-7-5-6-8-10(9)16-17(14,13-12-11)15-4-2/h5-8H,3-4H2,1-2H3. The van der Waals surface area contributed by atoms with Crippen LogP contribution in [-0.4, -0.2) is 6.61 Å². The summed E-state index contributed by atoms with van der Waals surface area (Å²) in [5, 5.41) is 0. The number of hydrogen-bond acceptors (Lipinski definition) is 3. The summed E-state index contributed by atoms with van der Waals surface area (Å²) in [4.78, 5) is 5.60. The third kappa shape index (κ3) is 3.79. The first kappa shape index (κ1) is 13.6. The van der Waals surface area contributed by atoms with Crippen LogP contribution in [0.3, 0.4) is 0 Å². The summed E-state index contributed by atoms with van der Waals surface area (Å²) in [6.07, 6.45) is 0.721. The fourth-order valence-corrected chi connectivity index (χ4v) is 2.28. The van der Waals surface area contributed by atoms with Crippen LogP contribution in [-0.2, 0) is 15.5 Å². The van der Waals surface area contributed by atoms with Gasteiger partial charge in [0.2, 0.25) is 0 Å². The third-order valence-electron chi connectivity index (χ3n) is 2.01. The van der Waals surface area contributed by atoms with E-state index in [2.05, 4.69) is 9.80 Å². The minimum absolute atomic E-state index is 0.143. The molecule has 1 aromatic carbocycles. The molecule has 0 saturated carbocycles. The fraction of sp³-hybridized carbons (Fsp3) is 0.400. The molecule has 0 N–H and O–H groups in total. The van der Waals surface area contributed by atoms with Crippen molar-refractivity contribution in [3.05, 3.63) is 40.3 Å². The van der Waals surface area contributed by atoms with Gasteiger partial charge in [-0.25, -0.2) is 4.57 Å². The Kier molecular flexibility index (Phi) is 5.04. The van der Waals surface area contributed by atoms with E-state index in [4.69, 9.17) is 14.6 Å². The Morgan fingerprint density at radius 2 is 2.12 bits per heavy atom. The quantitative estimate of drug-likeness (QED) is 0.332.